The van der Waals surface area contributed by atoms with E-state index >= 15 is 0 Å². The second-order valence-corrected chi connectivity index (χ2v) is 5.42. The number of nitrogens with zero attached hydrogens (tertiary/aromatic N) is 4. The molecule has 0 fully saturated rings. The predicted molar refractivity (Wildman–Crippen MR) is 85.2 cm³/mol. The van der Waals surface area contributed by atoms with Crippen molar-refractivity contribution in [2.24, 2.45) is 7.05 Å². The van der Waals surface area contributed by atoms with E-state index in [2.05, 4.69) is 53.1 Å². The molecule has 0 saturated heterocycles. The Morgan fingerprint density at radius 2 is 2.00 bits per heavy atom. The molecule has 0 radical (unpaired) electrons. The van der Waals surface area contributed by atoms with Gasteiger partial charge in [-0.2, -0.15) is 10.2 Å². The normalized spacial score (nSPS) is 12.8. The fraction of sp³-hybridized carbons (Fsp3) is 0.625. The average Bonchev–Trinajstić information content (AvgIpc) is 3.09. The maximum Gasteiger partial charge on any atom is 0.0644 e. The third-order valence-corrected chi connectivity index (χ3v) is 3.70. The minimum atomic E-state index is 0.271. The lowest BCUT2D eigenvalue weighted by molar-refractivity contribution is 0.473. The Balaban J connectivity index is 2.23. The van der Waals surface area contributed by atoms with Gasteiger partial charge in [0.05, 0.1) is 23.1 Å². The Bertz CT molecular complexity index is 555. The molecule has 21 heavy (non-hydrogen) atoms. The van der Waals surface area contributed by atoms with E-state index in [9.17, 15) is 0 Å². The van der Waals surface area contributed by atoms with E-state index in [0.29, 0.717) is 0 Å². The maximum absolute atomic E-state index is 4.67. The second kappa shape index (κ2) is 7.41. The predicted octanol–water partition coefficient (Wildman–Crippen LogP) is 2.48. The monoisotopic (exact) mass is 289 g/mol. The molecule has 116 valence electrons. The van der Waals surface area contributed by atoms with E-state index in [1.54, 1.807) is 0 Å². The molecule has 0 aromatic carbocycles. The Morgan fingerprint density at radius 1 is 1.19 bits per heavy atom. The van der Waals surface area contributed by atoms with Gasteiger partial charge in [-0.25, -0.2) is 0 Å². The number of rotatable bonds is 8. The Kier molecular flexibility index (Phi) is 5.56. The van der Waals surface area contributed by atoms with Crippen molar-refractivity contribution in [1.29, 1.82) is 0 Å². The number of nitrogens with one attached hydrogen (secondary N) is 1. The number of hydrogen-bond donors (Lipinski definition) is 1. The molecule has 2 aromatic rings. The van der Waals surface area contributed by atoms with Crippen LogP contribution in [-0.4, -0.2) is 26.1 Å². The Hall–Kier alpha value is -1.62. The molecule has 0 aliphatic heterocycles. The van der Waals surface area contributed by atoms with Crippen molar-refractivity contribution in [2.45, 2.75) is 52.6 Å². The molecule has 2 rings (SSSR count). The van der Waals surface area contributed by atoms with Crippen LogP contribution in [0.4, 0.5) is 0 Å². The Morgan fingerprint density at radius 3 is 2.57 bits per heavy atom. The van der Waals surface area contributed by atoms with Crippen LogP contribution in [0, 0.1) is 0 Å². The summed E-state index contributed by atoms with van der Waals surface area (Å²) in [5, 5.41) is 12.8. The lowest BCUT2D eigenvalue weighted by atomic mass is 10.1. The number of hydrogen-bond acceptors (Lipinski definition) is 3. The molecule has 0 saturated carbocycles. The topological polar surface area (TPSA) is 47.7 Å². The zero-order valence-corrected chi connectivity index (χ0v) is 13.6. The van der Waals surface area contributed by atoms with Crippen molar-refractivity contribution in [3.63, 3.8) is 0 Å². The van der Waals surface area contributed by atoms with Crippen molar-refractivity contribution < 1.29 is 0 Å². The summed E-state index contributed by atoms with van der Waals surface area (Å²) in [6.07, 6.45) is 5.00. The van der Waals surface area contributed by atoms with E-state index in [-0.39, 0.29) is 6.04 Å². The van der Waals surface area contributed by atoms with Crippen LogP contribution >= 0.6 is 0 Å². The van der Waals surface area contributed by atoms with Crippen LogP contribution in [0.2, 0.25) is 0 Å². The van der Waals surface area contributed by atoms with Crippen molar-refractivity contribution in [1.82, 2.24) is 24.9 Å². The van der Waals surface area contributed by atoms with Gasteiger partial charge in [0.15, 0.2) is 0 Å². The lowest BCUT2D eigenvalue weighted by Crippen LogP contribution is -2.26. The van der Waals surface area contributed by atoms with E-state index < -0.39 is 0 Å². The highest BCUT2D eigenvalue weighted by Crippen LogP contribution is 2.19. The van der Waals surface area contributed by atoms with Gasteiger partial charge in [-0.05, 0) is 38.4 Å². The highest BCUT2D eigenvalue weighted by molar-refractivity contribution is 5.17. The highest BCUT2D eigenvalue weighted by atomic mass is 15.3. The molecule has 0 amide bonds. The smallest absolute Gasteiger partial charge is 0.0644 e. The van der Waals surface area contributed by atoms with Crippen molar-refractivity contribution in [2.75, 3.05) is 6.54 Å². The molecular formula is C16H27N5. The summed E-state index contributed by atoms with van der Waals surface area (Å²) < 4.78 is 3.98. The van der Waals surface area contributed by atoms with Crippen LogP contribution in [-0.2, 0) is 26.4 Å². The molecule has 1 N–H and O–H groups in total. The van der Waals surface area contributed by atoms with Crippen molar-refractivity contribution in [3.05, 3.63) is 35.4 Å². The minimum Gasteiger partial charge on any atom is -0.308 e. The minimum absolute atomic E-state index is 0.271. The van der Waals surface area contributed by atoms with E-state index in [4.69, 9.17) is 0 Å². The van der Waals surface area contributed by atoms with E-state index in [1.807, 2.05) is 17.9 Å². The average molecular weight is 289 g/mol. The summed E-state index contributed by atoms with van der Waals surface area (Å²) >= 11 is 0. The van der Waals surface area contributed by atoms with Gasteiger partial charge in [0, 0.05) is 26.2 Å². The number of aromatic nitrogens is 4. The zero-order valence-electron chi connectivity index (χ0n) is 13.6. The standard InChI is InChI=1S/C16H27N5/c1-5-9-17-15(11-14-8-10-20(4)18-14)16-12-13(6-2)19-21(16)7-3/h8,10,12,15,17H,5-7,9,11H2,1-4H3. The van der Waals surface area contributed by atoms with Gasteiger partial charge in [0.25, 0.3) is 0 Å². The van der Waals surface area contributed by atoms with Crippen molar-refractivity contribution >= 4 is 0 Å². The van der Waals surface area contributed by atoms with Crippen LogP contribution in [0.1, 0.15) is 50.3 Å². The van der Waals surface area contributed by atoms with Crippen molar-refractivity contribution in [3.8, 4) is 0 Å². The first kappa shape index (κ1) is 15.8. The first-order valence-corrected chi connectivity index (χ1v) is 7.96. The number of aryl methyl sites for hydroxylation is 3. The van der Waals surface area contributed by atoms with Gasteiger partial charge >= 0.3 is 0 Å². The van der Waals surface area contributed by atoms with Crippen LogP contribution < -0.4 is 5.32 Å². The van der Waals surface area contributed by atoms with E-state index in [1.165, 1.54) is 5.69 Å². The van der Waals surface area contributed by atoms with Gasteiger partial charge in [0.2, 0.25) is 0 Å². The summed E-state index contributed by atoms with van der Waals surface area (Å²) in [4.78, 5) is 0. The summed E-state index contributed by atoms with van der Waals surface area (Å²) in [6, 6.07) is 4.60. The first-order valence-electron chi connectivity index (χ1n) is 7.96. The largest absolute Gasteiger partial charge is 0.308 e. The molecule has 0 aliphatic carbocycles. The molecule has 5 heteroatoms. The first-order chi connectivity index (χ1) is 10.2. The quantitative estimate of drug-likeness (QED) is 0.812. The van der Waals surface area contributed by atoms with Gasteiger partial charge in [-0.1, -0.05) is 13.8 Å². The molecule has 0 bridgehead atoms. The summed E-state index contributed by atoms with van der Waals surface area (Å²) in [7, 11) is 1.96. The lowest BCUT2D eigenvalue weighted by Gasteiger charge is -2.18. The molecule has 1 atom stereocenters. The fourth-order valence-electron chi connectivity index (χ4n) is 2.57. The molecular weight excluding hydrogens is 262 g/mol. The highest BCUT2D eigenvalue weighted by Gasteiger charge is 2.18. The van der Waals surface area contributed by atoms with Crippen LogP contribution in [0.15, 0.2) is 18.3 Å². The third kappa shape index (κ3) is 3.94. The maximum atomic E-state index is 4.67. The van der Waals surface area contributed by atoms with E-state index in [0.717, 1.165) is 43.7 Å². The third-order valence-electron chi connectivity index (χ3n) is 3.70. The molecule has 0 spiro atoms. The van der Waals surface area contributed by atoms with Gasteiger partial charge < -0.3 is 5.32 Å². The second-order valence-electron chi connectivity index (χ2n) is 5.42. The molecule has 5 nitrogen and oxygen atoms in total. The molecule has 2 aromatic heterocycles. The van der Waals surface area contributed by atoms with Crippen LogP contribution in [0.3, 0.4) is 0 Å². The van der Waals surface area contributed by atoms with Gasteiger partial charge in [0.1, 0.15) is 0 Å². The molecule has 2 heterocycles. The van der Waals surface area contributed by atoms with Gasteiger partial charge in [-0.15, -0.1) is 0 Å². The van der Waals surface area contributed by atoms with Crippen LogP contribution in [0.5, 0.6) is 0 Å². The zero-order chi connectivity index (χ0) is 15.2. The summed E-state index contributed by atoms with van der Waals surface area (Å²) in [5.41, 5.74) is 3.55. The fourth-order valence-corrected chi connectivity index (χ4v) is 2.57. The SMILES string of the molecule is CCCNC(Cc1ccn(C)n1)c1cc(CC)nn1CC. The van der Waals surface area contributed by atoms with Crippen LogP contribution in [0.25, 0.3) is 0 Å². The summed E-state index contributed by atoms with van der Waals surface area (Å²) in [6.45, 7) is 8.40. The van der Waals surface area contributed by atoms with Gasteiger partial charge in [-0.3, -0.25) is 9.36 Å². The Labute approximate surface area is 127 Å². The molecule has 0 aliphatic rings. The molecule has 1 unspecified atom stereocenters. The summed E-state index contributed by atoms with van der Waals surface area (Å²) in [5.74, 6) is 0.